The number of nitrogens with zero attached hydrogens (tertiary/aromatic N) is 4. The molecule has 0 aliphatic heterocycles. The van der Waals surface area contributed by atoms with Crippen molar-refractivity contribution in [3.8, 4) is 34.9 Å². The molecular weight excluding hydrogens is 467 g/mol. The van der Waals surface area contributed by atoms with Crippen molar-refractivity contribution < 1.29 is 17.9 Å². The normalized spacial score (nSPS) is 10.9. The highest BCUT2D eigenvalue weighted by Crippen LogP contribution is 2.37. The van der Waals surface area contributed by atoms with Gasteiger partial charge in [0.15, 0.2) is 0 Å². The van der Waals surface area contributed by atoms with Crippen LogP contribution in [0.5, 0.6) is 11.6 Å². The third-order valence-corrected chi connectivity index (χ3v) is 5.34. The van der Waals surface area contributed by atoms with Crippen LogP contribution in [0.4, 0.5) is 24.8 Å². The summed E-state index contributed by atoms with van der Waals surface area (Å²) in [6.07, 6.45) is -2.99. The fraction of sp³-hybridized carbons (Fsp3) is 0.111. The maximum atomic E-state index is 13.0. The van der Waals surface area contributed by atoms with Crippen molar-refractivity contribution in [2.75, 3.05) is 5.32 Å². The number of nitriles is 2. The molecule has 178 valence electrons. The smallest absolute Gasteiger partial charge is 0.416 e. The molecule has 0 unspecified atom stereocenters. The largest absolute Gasteiger partial charge is 0.438 e. The van der Waals surface area contributed by atoms with Gasteiger partial charge in [-0.2, -0.15) is 28.7 Å². The Morgan fingerprint density at radius 1 is 0.861 bits per heavy atom. The quantitative estimate of drug-likeness (QED) is 0.325. The molecule has 1 heterocycles. The lowest BCUT2D eigenvalue weighted by atomic mass is 10.1. The van der Waals surface area contributed by atoms with Gasteiger partial charge in [0, 0.05) is 11.9 Å². The number of ether oxygens (including phenoxy) is 1. The molecule has 0 radical (unpaired) electrons. The first kappa shape index (κ1) is 24.2. The van der Waals surface area contributed by atoms with Gasteiger partial charge in [0.2, 0.25) is 11.8 Å². The Hall–Kier alpha value is -4.89. The second kappa shape index (κ2) is 9.77. The first-order valence-corrected chi connectivity index (χ1v) is 10.7. The zero-order valence-electron chi connectivity index (χ0n) is 19.2. The van der Waals surface area contributed by atoms with E-state index in [9.17, 15) is 18.4 Å². The Labute approximate surface area is 205 Å². The fourth-order valence-electron chi connectivity index (χ4n) is 3.57. The van der Waals surface area contributed by atoms with Crippen molar-refractivity contribution in [1.82, 2.24) is 9.97 Å². The summed E-state index contributed by atoms with van der Waals surface area (Å²) in [7, 11) is 0. The maximum Gasteiger partial charge on any atom is 0.416 e. The van der Waals surface area contributed by atoms with Gasteiger partial charge >= 0.3 is 6.18 Å². The van der Waals surface area contributed by atoms with Crippen molar-refractivity contribution in [2.45, 2.75) is 20.0 Å². The summed E-state index contributed by atoms with van der Waals surface area (Å²) in [6.45, 7) is 3.58. The number of aromatic nitrogens is 2. The highest BCUT2D eigenvalue weighted by molar-refractivity contribution is 5.70. The van der Waals surface area contributed by atoms with Gasteiger partial charge in [-0.15, -0.1) is 0 Å². The van der Waals surface area contributed by atoms with E-state index in [0.29, 0.717) is 44.8 Å². The monoisotopic (exact) mass is 485 g/mol. The molecule has 0 amide bonds. The predicted molar refractivity (Wildman–Crippen MR) is 128 cm³/mol. The van der Waals surface area contributed by atoms with Crippen LogP contribution in [-0.4, -0.2) is 9.97 Å². The highest BCUT2D eigenvalue weighted by Gasteiger charge is 2.30. The van der Waals surface area contributed by atoms with Crippen LogP contribution in [0.1, 0.15) is 27.8 Å². The minimum Gasteiger partial charge on any atom is -0.438 e. The van der Waals surface area contributed by atoms with Gasteiger partial charge in [0.1, 0.15) is 5.75 Å². The van der Waals surface area contributed by atoms with Gasteiger partial charge in [0.25, 0.3) is 0 Å². The van der Waals surface area contributed by atoms with E-state index in [4.69, 9.17) is 10.00 Å². The second-order valence-corrected chi connectivity index (χ2v) is 7.95. The fourth-order valence-corrected chi connectivity index (χ4v) is 3.57. The third kappa shape index (κ3) is 5.26. The lowest BCUT2D eigenvalue weighted by Gasteiger charge is -2.16. The van der Waals surface area contributed by atoms with Crippen LogP contribution in [0.3, 0.4) is 0 Å². The van der Waals surface area contributed by atoms with Crippen LogP contribution in [0.25, 0.3) is 11.1 Å². The molecule has 4 rings (SSSR count). The Kier molecular flexibility index (Phi) is 6.58. The van der Waals surface area contributed by atoms with Crippen LogP contribution < -0.4 is 10.1 Å². The SMILES string of the molecule is Cc1cc(C#N)cc(C)c1Oc1nc(Nc2ccc(C#N)cc2)ncc1-c1ccc(C(F)(F)F)cc1. The van der Waals surface area contributed by atoms with Gasteiger partial charge in [-0.3, -0.25) is 0 Å². The third-order valence-electron chi connectivity index (χ3n) is 5.34. The predicted octanol–water partition coefficient (Wildman–Crippen LogP) is 7.06. The molecule has 3 aromatic carbocycles. The summed E-state index contributed by atoms with van der Waals surface area (Å²) in [4.78, 5) is 8.79. The number of alkyl halides is 3. The Bertz CT molecular complexity index is 1480. The first-order chi connectivity index (χ1) is 17.2. The van der Waals surface area contributed by atoms with E-state index in [2.05, 4.69) is 21.4 Å². The molecule has 1 aromatic heterocycles. The molecule has 0 bridgehead atoms. The summed E-state index contributed by atoms with van der Waals surface area (Å²) in [5.74, 6) is 0.788. The maximum absolute atomic E-state index is 13.0. The zero-order chi connectivity index (χ0) is 25.9. The van der Waals surface area contributed by atoms with Gasteiger partial charge < -0.3 is 10.1 Å². The minimum atomic E-state index is -4.46. The molecular formula is C27H18F3N5O. The van der Waals surface area contributed by atoms with Crippen molar-refractivity contribution in [3.63, 3.8) is 0 Å². The average molecular weight is 485 g/mol. The van der Waals surface area contributed by atoms with Crippen LogP contribution in [-0.2, 0) is 6.18 Å². The number of hydrogen-bond acceptors (Lipinski definition) is 6. The van der Waals surface area contributed by atoms with Gasteiger partial charge in [-0.05, 0) is 79.1 Å². The first-order valence-electron chi connectivity index (χ1n) is 10.7. The topological polar surface area (TPSA) is 94.6 Å². The van der Waals surface area contributed by atoms with Gasteiger partial charge in [0.05, 0.1) is 34.4 Å². The van der Waals surface area contributed by atoms with Crippen molar-refractivity contribution >= 4 is 11.6 Å². The Morgan fingerprint density at radius 2 is 1.47 bits per heavy atom. The standard InChI is InChI=1S/C27H18F3N5O/c1-16-11-19(14-32)12-17(2)24(16)36-25-23(20-5-7-21(8-6-20)27(28,29)30)15-33-26(35-25)34-22-9-3-18(13-31)4-10-22/h3-12,15H,1-2H3,(H,33,34,35). The number of rotatable bonds is 5. The van der Waals surface area contributed by atoms with E-state index in [0.717, 1.165) is 12.1 Å². The van der Waals surface area contributed by atoms with Crippen LogP contribution in [0.15, 0.2) is 66.9 Å². The van der Waals surface area contributed by atoms with Crippen LogP contribution in [0, 0.1) is 36.5 Å². The molecule has 0 atom stereocenters. The molecule has 9 heteroatoms. The number of nitrogens with one attached hydrogen (secondary N) is 1. The Balaban J connectivity index is 1.76. The van der Waals surface area contributed by atoms with E-state index in [1.54, 1.807) is 50.2 Å². The Morgan fingerprint density at radius 3 is 2.03 bits per heavy atom. The molecule has 36 heavy (non-hydrogen) atoms. The molecule has 0 fully saturated rings. The molecule has 0 aliphatic carbocycles. The number of benzene rings is 3. The molecule has 1 N–H and O–H groups in total. The lowest BCUT2D eigenvalue weighted by molar-refractivity contribution is -0.137. The minimum absolute atomic E-state index is 0.122. The average Bonchev–Trinajstić information content (AvgIpc) is 2.86. The van der Waals surface area contributed by atoms with E-state index < -0.39 is 11.7 Å². The van der Waals surface area contributed by atoms with E-state index in [1.165, 1.54) is 18.3 Å². The number of hydrogen-bond donors (Lipinski definition) is 1. The molecule has 0 aliphatic rings. The number of aryl methyl sites for hydroxylation is 2. The molecule has 6 nitrogen and oxygen atoms in total. The molecule has 0 saturated heterocycles. The van der Waals surface area contributed by atoms with Crippen molar-refractivity contribution in [3.05, 3.63) is 94.7 Å². The van der Waals surface area contributed by atoms with E-state index >= 15 is 0 Å². The summed E-state index contributed by atoms with van der Waals surface area (Å²) in [5, 5.41) is 21.2. The van der Waals surface area contributed by atoms with E-state index in [-0.39, 0.29) is 11.8 Å². The molecule has 4 aromatic rings. The van der Waals surface area contributed by atoms with Crippen LogP contribution in [0.2, 0.25) is 0 Å². The molecule has 0 saturated carbocycles. The summed E-state index contributed by atoms with van der Waals surface area (Å²) >= 11 is 0. The number of halogens is 3. The van der Waals surface area contributed by atoms with E-state index in [1.807, 2.05) is 6.07 Å². The highest BCUT2D eigenvalue weighted by atomic mass is 19.4. The summed E-state index contributed by atoms with van der Waals surface area (Å²) < 4.78 is 45.3. The second-order valence-electron chi connectivity index (χ2n) is 7.95. The van der Waals surface area contributed by atoms with Gasteiger partial charge in [-0.1, -0.05) is 12.1 Å². The van der Waals surface area contributed by atoms with Crippen molar-refractivity contribution in [1.29, 1.82) is 10.5 Å². The van der Waals surface area contributed by atoms with Crippen LogP contribution >= 0.6 is 0 Å². The van der Waals surface area contributed by atoms with Gasteiger partial charge in [-0.25, -0.2) is 4.98 Å². The molecule has 0 spiro atoms. The number of anilines is 2. The van der Waals surface area contributed by atoms with Crippen molar-refractivity contribution in [2.24, 2.45) is 0 Å². The zero-order valence-corrected chi connectivity index (χ0v) is 19.2. The summed E-state index contributed by atoms with van der Waals surface area (Å²) in [6, 6.07) is 18.8. The lowest BCUT2D eigenvalue weighted by Crippen LogP contribution is -2.04. The summed E-state index contributed by atoms with van der Waals surface area (Å²) in [5.41, 5.74) is 3.06.